The summed E-state index contributed by atoms with van der Waals surface area (Å²) < 4.78 is 7.39. The molecule has 154 valence electrons. The Balaban J connectivity index is 1.51. The van der Waals surface area contributed by atoms with Crippen molar-refractivity contribution in [2.24, 2.45) is 0 Å². The molecule has 0 unspecified atom stereocenters. The zero-order chi connectivity index (χ0) is 21.4. The van der Waals surface area contributed by atoms with Crippen molar-refractivity contribution in [1.29, 1.82) is 0 Å². The van der Waals surface area contributed by atoms with Crippen LogP contribution in [-0.4, -0.2) is 27.1 Å². The number of thiazole rings is 1. The summed E-state index contributed by atoms with van der Waals surface area (Å²) in [7, 11) is 0. The summed E-state index contributed by atoms with van der Waals surface area (Å²) in [6, 6.07) is 9.23. The van der Waals surface area contributed by atoms with Crippen LogP contribution in [0.2, 0.25) is 10.0 Å². The lowest BCUT2D eigenvalue weighted by molar-refractivity contribution is -0.118. The van der Waals surface area contributed by atoms with Crippen molar-refractivity contribution in [3.63, 3.8) is 0 Å². The van der Waals surface area contributed by atoms with Gasteiger partial charge in [-0.2, -0.15) is 4.98 Å². The topological polar surface area (TPSA) is 68.5 Å². The number of aromatic nitrogens is 3. The van der Waals surface area contributed by atoms with Gasteiger partial charge in [-0.3, -0.25) is 10.1 Å². The first-order chi connectivity index (χ1) is 14.3. The molecular weight excluding hydrogens is 443 g/mol. The number of halogens is 2. The van der Waals surface area contributed by atoms with Crippen molar-refractivity contribution in [2.45, 2.75) is 20.8 Å². The molecule has 0 aliphatic rings. The molecule has 4 aromatic rings. The van der Waals surface area contributed by atoms with E-state index in [0.29, 0.717) is 15.0 Å². The van der Waals surface area contributed by atoms with Crippen molar-refractivity contribution in [1.82, 2.24) is 14.6 Å². The number of fused-ring (bicyclic) bond motifs is 1. The van der Waals surface area contributed by atoms with E-state index in [4.69, 9.17) is 27.9 Å². The van der Waals surface area contributed by atoms with E-state index in [2.05, 4.69) is 15.4 Å². The maximum Gasteiger partial charge on any atom is 0.264 e. The van der Waals surface area contributed by atoms with E-state index in [9.17, 15) is 4.79 Å². The van der Waals surface area contributed by atoms with Crippen molar-refractivity contribution in [3.8, 4) is 17.0 Å². The third-order valence-electron chi connectivity index (χ3n) is 4.76. The molecule has 0 saturated heterocycles. The Morgan fingerprint density at radius 3 is 2.73 bits per heavy atom. The number of ether oxygens (including phenoxy) is 1. The molecule has 1 amide bonds. The summed E-state index contributed by atoms with van der Waals surface area (Å²) in [5, 5.41) is 10.1. The molecule has 0 radical (unpaired) electrons. The van der Waals surface area contributed by atoms with Gasteiger partial charge in [0.2, 0.25) is 4.96 Å². The van der Waals surface area contributed by atoms with Gasteiger partial charge in [0.1, 0.15) is 5.75 Å². The van der Waals surface area contributed by atoms with E-state index in [1.165, 1.54) is 11.3 Å². The van der Waals surface area contributed by atoms with Crippen molar-refractivity contribution in [3.05, 3.63) is 62.4 Å². The van der Waals surface area contributed by atoms with E-state index >= 15 is 0 Å². The lowest BCUT2D eigenvalue weighted by atomic mass is 10.1. The monoisotopic (exact) mass is 460 g/mol. The number of carbonyl (C=O) groups is 1. The van der Waals surface area contributed by atoms with Crippen molar-refractivity contribution < 1.29 is 9.53 Å². The Hall–Kier alpha value is -2.61. The fourth-order valence-electron chi connectivity index (χ4n) is 3.06. The first-order valence-corrected chi connectivity index (χ1v) is 10.8. The predicted octanol–water partition coefficient (Wildman–Crippen LogP) is 5.71. The van der Waals surface area contributed by atoms with Gasteiger partial charge in [0.15, 0.2) is 6.61 Å². The largest absolute Gasteiger partial charge is 0.483 e. The summed E-state index contributed by atoms with van der Waals surface area (Å²) in [5.41, 5.74) is 4.60. The minimum atomic E-state index is -0.337. The van der Waals surface area contributed by atoms with Crippen LogP contribution in [0.15, 0.2) is 35.7 Å². The number of nitrogens with zero attached hydrogens (tertiary/aromatic N) is 3. The zero-order valence-corrected chi connectivity index (χ0v) is 18.8. The number of nitrogens with one attached hydrogen (secondary N) is 1. The number of anilines is 1. The number of rotatable bonds is 5. The van der Waals surface area contributed by atoms with Crippen LogP contribution in [0.25, 0.3) is 16.2 Å². The van der Waals surface area contributed by atoms with Gasteiger partial charge in [-0.05, 0) is 55.7 Å². The van der Waals surface area contributed by atoms with Crippen LogP contribution < -0.4 is 10.1 Å². The lowest BCUT2D eigenvalue weighted by Gasteiger charge is -2.13. The third-order valence-corrected chi connectivity index (χ3v) is 6.14. The van der Waals surface area contributed by atoms with Gasteiger partial charge >= 0.3 is 0 Å². The molecule has 2 aromatic carbocycles. The Morgan fingerprint density at radius 2 is 1.93 bits per heavy atom. The van der Waals surface area contributed by atoms with Crippen LogP contribution in [0.4, 0.5) is 5.95 Å². The predicted molar refractivity (Wildman–Crippen MR) is 121 cm³/mol. The molecule has 30 heavy (non-hydrogen) atoms. The summed E-state index contributed by atoms with van der Waals surface area (Å²) in [6.45, 7) is 5.80. The summed E-state index contributed by atoms with van der Waals surface area (Å²) in [5.74, 6) is 0.588. The quantitative estimate of drug-likeness (QED) is 0.414. The highest BCUT2D eigenvalue weighted by atomic mass is 35.5. The lowest BCUT2D eigenvalue weighted by Crippen LogP contribution is -2.21. The molecule has 4 rings (SSSR count). The van der Waals surface area contributed by atoms with E-state index < -0.39 is 0 Å². The number of amides is 1. The molecule has 0 saturated carbocycles. The van der Waals surface area contributed by atoms with Gasteiger partial charge in [0.05, 0.1) is 10.7 Å². The average molecular weight is 461 g/mol. The summed E-state index contributed by atoms with van der Waals surface area (Å²) in [4.78, 5) is 17.4. The van der Waals surface area contributed by atoms with Crippen LogP contribution in [0, 0.1) is 20.8 Å². The molecule has 0 fully saturated rings. The maximum absolute atomic E-state index is 12.4. The second-order valence-corrected chi connectivity index (χ2v) is 8.55. The highest BCUT2D eigenvalue weighted by Crippen LogP contribution is 2.33. The smallest absolute Gasteiger partial charge is 0.264 e. The number of aryl methyl sites for hydroxylation is 2. The fourth-order valence-corrected chi connectivity index (χ4v) is 4.27. The second kappa shape index (κ2) is 8.26. The van der Waals surface area contributed by atoms with Gasteiger partial charge in [0, 0.05) is 16.0 Å². The van der Waals surface area contributed by atoms with E-state index in [-0.39, 0.29) is 18.5 Å². The van der Waals surface area contributed by atoms with Crippen LogP contribution in [-0.2, 0) is 4.79 Å². The summed E-state index contributed by atoms with van der Waals surface area (Å²) >= 11 is 13.8. The standard InChI is InChI=1S/C21H18Cl2N4O2S/c1-11-4-5-12(2)19(13(11)3)29-9-18(28)24-20-25-21-27(26-20)17(10-30-21)15-8-14(22)6-7-16(15)23/h4-8,10H,9H2,1-3H3,(H,24,26,28). The van der Waals surface area contributed by atoms with Crippen molar-refractivity contribution >= 4 is 51.4 Å². The molecule has 0 aliphatic heterocycles. The normalized spacial score (nSPS) is 11.1. The van der Waals surface area contributed by atoms with Gasteiger partial charge in [-0.15, -0.1) is 16.4 Å². The maximum atomic E-state index is 12.4. The van der Waals surface area contributed by atoms with Gasteiger partial charge in [0.25, 0.3) is 11.9 Å². The third kappa shape index (κ3) is 4.01. The molecule has 2 heterocycles. The van der Waals surface area contributed by atoms with Crippen molar-refractivity contribution in [2.75, 3.05) is 11.9 Å². The molecule has 0 atom stereocenters. The minimum absolute atomic E-state index is 0.134. The second-order valence-electron chi connectivity index (χ2n) is 6.87. The Morgan fingerprint density at radius 1 is 1.17 bits per heavy atom. The highest BCUT2D eigenvalue weighted by Gasteiger charge is 2.16. The fraction of sp³-hybridized carbons (Fsp3) is 0.190. The molecular formula is C21H18Cl2N4O2S. The Bertz CT molecular complexity index is 1270. The van der Waals surface area contributed by atoms with Gasteiger partial charge < -0.3 is 4.74 Å². The number of carbonyl (C=O) groups excluding carboxylic acids is 1. The van der Waals surface area contributed by atoms with Crippen LogP contribution in [0.5, 0.6) is 5.75 Å². The molecule has 9 heteroatoms. The number of hydrogen-bond donors (Lipinski definition) is 1. The molecule has 6 nitrogen and oxygen atoms in total. The Labute approximate surface area is 187 Å². The van der Waals surface area contributed by atoms with E-state index in [1.54, 1.807) is 22.7 Å². The van der Waals surface area contributed by atoms with Gasteiger partial charge in [-0.1, -0.05) is 35.3 Å². The first kappa shape index (κ1) is 20.7. The minimum Gasteiger partial charge on any atom is -0.483 e. The zero-order valence-electron chi connectivity index (χ0n) is 16.5. The molecule has 2 aromatic heterocycles. The number of benzene rings is 2. The van der Waals surface area contributed by atoms with E-state index in [0.717, 1.165) is 33.7 Å². The van der Waals surface area contributed by atoms with Crippen LogP contribution in [0.1, 0.15) is 16.7 Å². The number of hydrogen-bond acceptors (Lipinski definition) is 5. The van der Waals surface area contributed by atoms with Crippen LogP contribution >= 0.6 is 34.5 Å². The summed E-state index contributed by atoms with van der Waals surface area (Å²) in [6.07, 6.45) is 0. The van der Waals surface area contributed by atoms with E-state index in [1.807, 2.05) is 38.3 Å². The Kier molecular flexibility index (Phi) is 5.69. The van der Waals surface area contributed by atoms with Crippen LogP contribution in [0.3, 0.4) is 0 Å². The SMILES string of the molecule is Cc1ccc(C)c(OCC(=O)Nc2nc3scc(-c4cc(Cl)ccc4Cl)n3n2)c1C. The van der Waals surface area contributed by atoms with Gasteiger partial charge in [-0.25, -0.2) is 4.52 Å². The average Bonchev–Trinajstić information content (AvgIpc) is 3.27. The first-order valence-electron chi connectivity index (χ1n) is 9.12. The molecule has 0 bridgehead atoms. The molecule has 1 N–H and O–H groups in total. The molecule has 0 spiro atoms. The molecule has 0 aliphatic carbocycles. The highest BCUT2D eigenvalue weighted by molar-refractivity contribution is 7.15.